The molecule has 0 fully saturated rings. The minimum absolute atomic E-state index is 0.757. The van der Waals surface area contributed by atoms with E-state index in [0.29, 0.717) is 0 Å². The van der Waals surface area contributed by atoms with Crippen LogP contribution in [0.25, 0.3) is 154 Å². The number of hydrogen-bond acceptors (Lipinski definition) is 7. The number of anilines is 6. The van der Waals surface area contributed by atoms with Gasteiger partial charge >= 0.3 is 0 Å². The fourth-order valence-electron chi connectivity index (χ4n) is 13.8. The summed E-state index contributed by atoms with van der Waals surface area (Å²) < 4.78 is 34.0. The number of benzene rings is 14. The first-order valence-corrected chi connectivity index (χ1v) is 30.7. The highest BCUT2D eigenvalue weighted by molar-refractivity contribution is 6.20. The molecule has 0 unspecified atom stereocenters. The third kappa shape index (κ3) is 8.29. The zero-order valence-electron chi connectivity index (χ0n) is 48.8. The predicted molar refractivity (Wildman–Crippen MR) is 374 cm³/mol. The average molecular weight is 1170 g/mol. The Morgan fingerprint density at radius 1 is 0.165 bits per heavy atom. The van der Waals surface area contributed by atoms with Gasteiger partial charge in [-0.3, -0.25) is 0 Å². The van der Waals surface area contributed by atoms with E-state index >= 15 is 0 Å². The van der Waals surface area contributed by atoms with E-state index in [4.69, 9.17) is 22.1 Å². The Balaban J connectivity index is 0.688. The maximum atomic E-state index is 6.91. The molecule has 0 saturated heterocycles. The summed E-state index contributed by atoms with van der Waals surface area (Å²) >= 11 is 0. The molecule has 0 atom stereocenters. The quantitative estimate of drug-likeness (QED) is 0.135. The third-order valence-corrected chi connectivity index (χ3v) is 18.3. The van der Waals surface area contributed by atoms with Crippen LogP contribution in [-0.4, -0.2) is 0 Å². The Morgan fingerprint density at radius 3 is 0.813 bits per heavy atom. The van der Waals surface area contributed by atoms with Gasteiger partial charge in [-0.25, -0.2) is 0 Å². The lowest BCUT2D eigenvalue weighted by Crippen LogP contribution is -2.10. The van der Waals surface area contributed by atoms with Crippen molar-refractivity contribution < 1.29 is 22.1 Å². The average Bonchev–Trinajstić information content (AvgIpc) is 1.68. The number of para-hydroxylation sites is 4. The van der Waals surface area contributed by atoms with Gasteiger partial charge in [0.05, 0.1) is 22.7 Å². The van der Waals surface area contributed by atoms with Crippen molar-refractivity contribution in [3.8, 4) is 44.5 Å². The molecule has 0 radical (unpaired) electrons. The van der Waals surface area contributed by atoms with Gasteiger partial charge in [0.25, 0.3) is 0 Å². The second-order valence-electron chi connectivity index (χ2n) is 23.5. The lowest BCUT2D eigenvalue weighted by Gasteiger charge is -2.25. The summed E-state index contributed by atoms with van der Waals surface area (Å²) in [4.78, 5) is 4.53. The second kappa shape index (κ2) is 20.1. The monoisotopic (exact) mass is 1170 g/mol. The van der Waals surface area contributed by atoms with Gasteiger partial charge in [0.2, 0.25) is 0 Å². The molecule has 14 aromatic carbocycles. The number of furan rings is 5. The molecule has 5 heterocycles. The van der Waals surface area contributed by atoms with Crippen LogP contribution in [0.5, 0.6) is 0 Å². The maximum Gasteiger partial charge on any atom is 0.159 e. The molecule has 0 N–H and O–H groups in total. The smallest absolute Gasteiger partial charge is 0.159 e. The first kappa shape index (κ1) is 50.8. The SMILES string of the molecule is c1ccc(-c2ccc(-c3ccc(N(c4ccc5c(c4)oc4cc6c(cc45)oc4cc5c(cc46)oc4cc(N(c6ccc(-c7ccc(-c8ccccc8)cc7)cc6)c6cccc7c6oc6ccccc67)ccc45)c4cccc5c4oc4ccccc45)cc3)cc2)cc1. The Labute approximate surface area is 520 Å². The summed E-state index contributed by atoms with van der Waals surface area (Å²) in [5, 5.41) is 10.1. The van der Waals surface area contributed by atoms with Crippen molar-refractivity contribution in [2.24, 2.45) is 0 Å². The van der Waals surface area contributed by atoms with Crippen molar-refractivity contribution in [3.63, 3.8) is 0 Å². The molecule has 19 aromatic rings. The molecular formula is C84H50N2O5. The zero-order chi connectivity index (χ0) is 59.7. The van der Waals surface area contributed by atoms with Crippen molar-refractivity contribution in [2.75, 3.05) is 9.80 Å². The van der Waals surface area contributed by atoms with Crippen LogP contribution in [0.4, 0.5) is 34.1 Å². The van der Waals surface area contributed by atoms with E-state index in [1.54, 1.807) is 0 Å². The van der Waals surface area contributed by atoms with Crippen LogP contribution in [0.3, 0.4) is 0 Å². The zero-order valence-corrected chi connectivity index (χ0v) is 48.8. The Hall–Kier alpha value is -12.3. The summed E-state index contributed by atoms with van der Waals surface area (Å²) in [6.07, 6.45) is 0. The van der Waals surface area contributed by atoms with Crippen molar-refractivity contribution in [1.29, 1.82) is 0 Å². The molecule has 0 amide bonds. The van der Waals surface area contributed by atoms with Crippen LogP contribution in [0.1, 0.15) is 0 Å². The molecule has 0 saturated carbocycles. The van der Waals surface area contributed by atoms with Crippen LogP contribution < -0.4 is 9.80 Å². The Kier molecular flexibility index (Phi) is 11.2. The number of rotatable bonds is 10. The van der Waals surface area contributed by atoms with Crippen molar-refractivity contribution in [2.45, 2.75) is 0 Å². The normalized spacial score (nSPS) is 12.0. The van der Waals surface area contributed by atoms with Crippen molar-refractivity contribution in [3.05, 3.63) is 303 Å². The third-order valence-electron chi connectivity index (χ3n) is 18.3. The second-order valence-corrected chi connectivity index (χ2v) is 23.5. The van der Waals surface area contributed by atoms with Gasteiger partial charge in [-0.2, -0.15) is 0 Å². The first-order valence-electron chi connectivity index (χ1n) is 30.7. The summed E-state index contributed by atoms with van der Waals surface area (Å²) in [5.41, 5.74) is 22.9. The highest BCUT2D eigenvalue weighted by atomic mass is 16.3. The first-order chi connectivity index (χ1) is 45.0. The molecule has 7 nitrogen and oxygen atoms in total. The van der Waals surface area contributed by atoms with Gasteiger partial charge in [0, 0.05) is 77.4 Å². The fourth-order valence-corrected chi connectivity index (χ4v) is 13.8. The molecule has 0 aliphatic carbocycles. The Bertz CT molecular complexity index is 5680. The van der Waals surface area contributed by atoms with Gasteiger partial charge in [0.15, 0.2) is 11.2 Å². The summed E-state index contributed by atoms with van der Waals surface area (Å²) in [5.74, 6) is 0. The van der Waals surface area contributed by atoms with E-state index in [1.807, 2.05) is 36.4 Å². The van der Waals surface area contributed by atoms with Crippen LogP contribution in [0.2, 0.25) is 0 Å². The van der Waals surface area contributed by atoms with Crippen LogP contribution >= 0.6 is 0 Å². The van der Waals surface area contributed by atoms with E-state index in [2.05, 4.69) is 277 Å². The molecule has 5 aromatic heterocycles. The predicted octanol–water partition coefficient (Wildman–Crippen LogP) is 24.8. The van der Waals surface area contributed by atoms with Gasteiger partial charge in [-0.15, -0.1) is 0 Å². The molecule has 0 aliphatic rings. The largest absolute Gasteiger partial charge is 0.456 e. The summed E-state index contributed by atoms with van der Waals surface area (Å²) in [6.45, 7) is 0. The van der Waals surface area contributed by atoms with Gasteiger partial charge in [-0.05, 0) is 142 Å². The minimum atomic E-state index is 0.757. The van der Waals surface area contributed by atoms with E-state index < -0.39 is 0 Å². The minimum Gasteiger partial charge on any atom is -0.456 e. The van der Waals surface area contributed by atoms with E-state index in [-0.39, 0.29) is 0 Å². The molecular weight excluding hydrogens is 1120 g/mol. The molecule has 426 valence electrons. The lowest BCUT2D eigenvalue weighted by molar-refractivity contribution is 0.662. The molecule has 19 rings (SSSR count). The topological polar surface area (TPSA) is 72.2 Å². The van der Waals surface area contributed by atoms with Gasteiger partial charge < -0.3 is 31.9 Å². The molecule has 0 spiro atoms. The van der Waals surface area contributed by atoms with Crippen LogP contribution in [0, 0.1) is 0 Å². The van der Waals surface area contributed by atoms with Gasteiger partial charge in [0.1, 0.15) is 44.7 Å². The lowest BCUT2D eigenvalue weighted by atomic mass is 10.00. The van der Waals surface area contributed by atoms with Crippen molar-refractivity contribution in [1.82, 2.24) is 0 Å². The fraction of sp³-hybridized carbons (Fsp3) is 0. The van der Waals surface area contributed by atoms with E-state index in [0.717, 1.165) is 166 Å². The van der Waals surface area contributed by atoms with Crippen LogP contribution in [0.15, 0.2) is 325 Å². The number of nitrogens with zero attached hydrogens (tertiary/aromatic N) is 2. The molecule has 0 bridgehead atoms. The Morgan fingerprint density at radius 2 is 0.440 bits per heavy atom. The van der Waals surface area contributed by atoms with Gasteiger partial charge in [-0.1, -0.05) is 194 Å². The summed E-state index contributed by atoms with van der Waals surface area (Å²) in [7, 11) is 0. The summed E-state index contributed by atoms with van der Waals surface area (Å²) in [6, 6.07) is 107. The highest BCUT2D eigenvalue weighted by Gasteiger charge is 2.25. The van der Waals surface area contributed by atoms with Crippen LogP contribution in [-0.2, 0) is 0 Å². The molecule has 7 heteroatoms. The van der Waals surface area contributed by atoms with E-state index in [9.17, 15) is 0 Å². The van der Waals surface area contributed by atoms with E-state index in [1.165, 1.54) is 22.3 Å². The number of fused-ring (bicyclic) bond motifs is 15. The standard InChI is InChI=1S/C84H50N2O5/c1-3-13-51(14-4-1)53-25-29-55(30-26-53)57-33-37-59(38-34-57)85(73-21-11-19-67-63-17-7-9-23-75(63)90-83(67)73)61-41-43-65-69-47-81-71(49-79(69)87-77(65)45-61)72-50-80-70(48-82(72)89-81)66-44-42-62(46-78(66)88-80)86(74-22-12-20-68-64-18-8-10-24-76(64)91-84(68)74)60-39-35-58(36-40-60)56-31-27-54(28-32-56)52-15-5-2-6-16-52/h1-50H. The molecule has 91 heavy (non-hydrogen) atoms. The highest BCUT2D eigenvalue weighted by Crippen LogP contribution is 2.48. The maximum absolute atomic E-state index is 6.91. The van der Waals surface area contributed by atoms with Crippen molar-refractivity contribution >= 4 is 144 Å². The molecule has 0 aliphatic heterocycles. The number of hydrogen-bond donors (Lipinski definition) is 0.